The second-order valence-corrected chi connectivity index (χ2v) is 4.56. The van der Waals surface area contributed by atoms with Crippen LogP contribution in [0.3, 0.4) is 0 Å². The maximum Gasteiger partial charge on any atom is 0.0499 e. The van der Waals surface area contributed by atoms with E-state index in [0.29, 0.717) is 5.92 Å². The van der Waals surface area contributed by atoms with Gasteiger partial charge in [0.1, 0.15) is 0 Å². The second-order valence-electron chi connectivity index (χ2n) is 4.15. The van der Waals surface area contributed by atoms with Crippen LogP contribution in [0, 0.1) is 5.92 Å². The summed E-state index contributed by atoms with van der Waals surface area (Å²) in [7, 11) is 0. The number of fused-ring (bicyclic) bond motifs is 1. The Morgan fingerprint density at radius 3 is 2.87 bits per heavy atom. The number of rotatable bonds is 3. The summed E-state index contributed by atoms with van der Waals surface area (Å²) in [6.45, 7) is 5.57. The summed E-state index contributed by atoms with van der Waals surface area (Å²) < 4.78 is 2.29. The number of hydrogen-bond acceptors (Lipinski definition) is 0. The van der Waals surface area contributed by atoms with E-state index < -0.39 is 0 Å². The summed E-state index contributed by atoms with van der Waals surface area (Å²) in [5, 5.41) is 2.00. The Balaban J connectivity index is 2.41. The van der Waals surface area contributed by atoms with E-state index in [1.54, 1.807) is 0 Å². The molecular formula is C13H16ClN. The van der Waals surface area contributed by atoms with Crippen molar-refractivity contribution < 1.29 is 0 Å². The lowest BCUT2D eigenvalue weighted by molar-refractivity contribution is 0.477. The van der Waals surface area contributed by atoms with Crippen LogP contribution in [-0.2, 0) is 6.54 Å². The molecule has 1 unspecified atom stereocenters. The van der Waals surface area contributed by atoms with Crippen molar-refractivity contribution in [1.29, 1.82) is 0 Å². The van der Waals surface area contributed by atoms with Gasteiger partial charge in [-0.05, 0) is 24.1 Å². The van der Waals surface area contributed by atoms with E-state index >= 15 is 0 Å². The van der Waals surface area contributed by atoms with Gasteiger partial charge in [-0.15, -0.1) is 0 Å². The quantitative estimate of drug-likeness (QED) is 0.727. The molecule has 2 aromatic rings. The number of halogens is 1. The highest BCUT2D eigenvalue weighted by molar-refractivity contribution is 6.35. The molecule has 1 aromatic carbocycles. The van der Waals surface area contributed by atoms with Crippen LogP contribution in [0.5, 0.6) is 0 Å². The first-order valence-electron chi connectivity index (χ1n) is 5.45. The molecule has 1 heterocycles. The number of nitrogens with zero attached hydrogens (tertiary/aromatic N) is 1. The van der Waals surface area contributed by atoms with Crippen molar-refractivity contribution in [3.05, 3.63) is 35.5 Å². The standard InChI is InChI=1S/C13H16ClN/c1-3-10(2)9-15-8-7-11-12(14)5-4-6-13(11)15/h4-8,10H,3,9H2,1-2H3. The Bertz CT molecular complexity index is 459. The molecule has 1 atom stereocenters. The number of aromatic nitrogens is 1. The van der Waals surface area contributed by atoms with Crippen LogP contribution in [0.4, 0.5) is 0 Å². The predicted molar refractivity (Wildman–Crippen MR) is 66.4 cm³/mol. The van der Waals surface area contributed by atoms with Crippen molar-refractivity contribution in [3.8, 4) is 0 Å². The summed E-state index contributed by atoms with van der Waals surface area (Å²) in [6, 6.07) is 8.18. The SMILES string of the molecule is CCC(C)Cn1ccc2c(Cl)cccc21. The molecule has 2 heteroatoms. The van der Waals surface area contributed by atoms with Gasteiger partial charge in [-0.1, -0.05) is 37.9 Å². The fraction of sp³-hybridized carbons (Fsp3) is 0.385. The zero-order chi connectivity index (χ0) is 10.8. The van der Waals surface area contributed by atoms with Gasteiger partial charge in [0.15, 0.2) is 0 Å². The van der Waals surface area contributed by atoms with Crippen LogP contribution >= 0.6 is 11.6 Å². The highest BCUT2D eigenvalue weighted by atomic mass is 35.5. The molecule has 0 spiro atoms. The molecule has 2 rings (SSSR count). The van der Waals surface area contributed by atoms with Gasteiger partial charge in [0.2, 0.25) is 0 Å². The van der Waals surface area contributed by atoms with E-state index in [2.05, 4.69) is 36.7 Å². The average molecular weight is 222 g/mol. The molecule has 0 N–H and O–H groups in total. The third-order valence-electron chi connectivity index (χ3n) is 2.97. The molecule has 0 aliphatic rings. The highest BCUT2D eigenvalue weighted by Gasteiger charge is 2.06. The Labute approximate surface area is 95.7 Å². The van der Waals surface area contributed by atoms with Gasteiger partial charge in [-0.25, -0.2) is 0 Å². The third-order valence-corrected chi connectivity index (χ3v) is 3.30. The fourth-order valence-electron chi connectivity index (χ4n) is 1.81. The minimum atomic E-state index is 0.708. The maximum absolute atomic E-state index is 6.13. The van der Waals surface area contributed by atoms with E-state index in [0.717, 1.165) is 17.0 Å². The topological polar surface area (TPSA) is 4.93 Å². The van der Waals surface area contributed by atoms with Crippen LogP contribution in [0.25, 0.3) is 10.9 Å². The van der Waals surface area contributed by atoms with Crippen molar-refractivity contribution >= 4 is 22.5 Å². The van der Waals surface area contributed by atoms with E-state index in [1.165, 1.54) is 11.9 Å². The first-order chi connectivity index (χ1) is 7.22. The molecule has 15 heavy (non-hydrogen) atoms. The first kappa shape index (κ1) is 10.6. The molecule has 0 fully saturated rings. The minimum Gasteiger partial charge on any atom is -0.347 e. The van der Waals surface area contributed by atoms with E-state index in [1.807, 2.05) is 12.1 Å². The lowest BCUT2D eigenvalue weighted by Crippen LogP contribution is -2.04. The molecular weight excluding hydrogens is 206 g/mol. The maximum atomic E-state index is 6.13. The first-order valence-corrected chi connectivity index (χ1v) is 5.83. The minimum absolute atomic E-state index is 0.708. The monoisotopic (exact) mass is 221 g/mol. The lowest BCUT2D eigenvalue weighted by atomic mass is 10.1. The molecule has 0 bridgehead atoms. The molecule has 1 nitrogen and oxygen atoms in total. The normalized spacial score (nSPS) is 13.3. The van der Waals surface area contributed by atoms with Gasteiger partial charge in [0, 0.05) is 28.7 Å². The molecule has 1 aromatic heterocycles. The molecule has 0 saturated heterocycles. The summed E-state index contributed by atoms with van der Waals surface area (Å²) in [4.78, 5) is 0. The number of hydrogen-bond donors (Lipinski definition) is 0. The molecule has 0 radical (unpaired) electrons. The van der Waals surface area contributed by atoms with Crippen LogP contribution < -0.4 is 0 Å². The van der Waals surface area contributed by atoms with Gasteiger partial charge >= 0.3 is 0 Å². The van der Waals surface area contributed by atoms with Crippen LogP contribution in [0.15, 0.2) is 30.5 Å². The van der Waals surface area contributed by atoms with Gasteiger partial charge in [0.05, 0.1) is 0 Å². The fourth-order valence-corrected chi connectivity index (χ4v) is 2.04. The molecule has 0 aliphatic carbocycles. The summed E-state index contributed by atoms with van der Waals surface area (Å²) in [5.41, 5.74) is 1.24. The lowest BCUT2D eigenvalue weighted by Gasteiger charge is -2.11. The van der Waals surface area contributed by atoms with Crippen molar-refractivity contribution in [2.24, 2.45) is 5.92 Å². The number of benzene rings is 1. The Hall–Kier alpha value is -0.950. The summed E-state index contributed by atoms with van der Waals surface area (Å²) >= 11 is 6.13. The van der Waals surface area contributed by atoms with Gasteiger partial charge in [-0.2, -0.15) is 0 Å². The van der Waals surface area contributed by atoms with Gasteiger partial charge in [0.25, 0.3) is 0 Å². The van der Waals surface area contributed by atoms with E-state index in [-0.39, 0.29) is 0 Å². The van der Waals surface area contributed by atoms with Crippen LogP contribution in [-0.4, -0.2) is 4.57 Å². The van der Waals surface area contributed by atoms with Crippen LogP contribution in [0.2, 0.25) is 5.02 Å². The van der Waals surface area contributed by atoms with Gasteiger partial charge in [-0.3, -0.25) is 0 Å². The zero-order valence-corrected chi connectivity index (χ0v) is 9.96. The summed E-state index contributed by atoms with van der Waals surface area (Å²) in [5.74, 6) is 0.708. The average Bonchev–Trinajstić information content (AvgIpc) is 2.63. The summed E-state index contributed by atoms with van der Waals surface area (Å²) in [6.07, 6.45) is 3.34. The molecule has 0 saturated carbocycles. The Morgan fingerprint density at radius 1 is 1.33 bits per heavy atom. The smallest absolute Gasteiger partial charge is 0.0499 e. The predicted octanol–water partition coefficient (Wildman–Crippen LogP) is 4.34. The van der Waals surface area contributed by atoms with Gasteiger partial charge < -0.3 is 4.57 Å². The Kier molecular flexibility index (Phi) is 3.01. The molecule has 0 amide bonds. The largest absolute Gasteiger partial charge is 0.347 e. The van der Waals surface area contributed by atoms with Crippen molar-refractivity contribution in [2.45, 2.75) is 26.8 Å². The van der Waals surface area contributed by atoms with Crippen molar-refractivity contribution in [1.82, 2.24) is 4.57 Å². The van der Waals surface area contributed by atoms with E-state index in [4.69, 9.17) is 11.6 Å². The van der Waals surface area contributed by atoms with Crippen molar-refractivity contribution in [2.75, 3.05) is 0 Å². The highest BCUT2D eigenvalue weighted by Crippen LogP contribution is 2.25. The zero-order valence-electron chi connectivity index (χ0n) is 9.20. The molecule has 80 valence electrons. The molecule has 0 aliphatic heterocycles. The Morgan fingerprint density at radius 2 is 2.13 bits per heavy atom. The third kappa shape index (κ3) is 2.03. The van der Waals surface area contributed by atoms with Crippen LogP contribution in [0.1, 0.15) is 20.3 Å². The van der Waals surface area contributed by atoms with Crippen molar-refractivity contribution in [3.63, 3.8) is 0 Å². The second kappa shape index (κ2) is 4.28. The van der Waals surface area contributed by atoms with E-state index in [9.17, 15) is 0 Å².